The molecule has 0 aromatic heterocycles. The minimum atomic E-state index is -0.486. The lowest BCUT2D eigenvalue weighted by molar-refractivity contribution is -0.116. The van der Waals surface area contributed by atoms with Gasteiger partial charge in [0.2, 0.25) is 0 Å². The van der Waals surface area contributed by atoms with Crippen molar-refractivity contribution >= 4 is 11.7 Å². The Morgan fingerprint density at radius 2 is 2.12 bits per heavy atom. The zero-order chi connectivity index (χ0) is 12.6. The van der Waals surface area contributed by atoms with Crippen LogP contribution in [0.3, 0.4) is 0 Å². The Bertz CT molecular complexity index is 482. The van der Waals surface area contributed by atoms with E-state index in [1.807, 2.05) is 13.8 Å². The van der Waals surface area contributed by atoms with Crippen LogP contribution in [0.4, 0.5) is 4.39 Å². The van der Waals surface area contributed by atoms with Crippen LogP contribution in [0.5, 0.6) is 0 Å². The number of ketones is 1. The molecule has 1 aromatic carbocycles. The van der Waals surface area contributed by atoms with Gasteiger partial charge in [-0.1, -0.05) is 6.07 Å². The van der Waals surface area contributed by atoms with Crippen molar-refractivity contribution in [2.45, 2.75) is 25.8 Å². The van der Waals surface area contributed by atoms with Gasteiger partial charge >= 0.3 is 0 Å². The quantitative estimate of drug-likeness (QED) is 0.746. The van der Waals surface area contributed by atoms with Crippen LogP contribution in [0.15, 0.2) is 24.3 Å². The van der Waals surface area contributed by atoms with E-state index in [0.717, 1.165) is 0 Å². The molecule has 17 heavy (non-hydrogen) atoms. The topological polar surface area (TPSA) is 37.4 Å². The molecule has 0 unspecified atom stereocenters. The largest absolute Gasteiger partial charge is 0.326 e. The summed E-state index contributed by atoms with van der Waals surface area (Å²) in [6, 6.07) is 5.54. The molecule has 1 saturated heterocycles. The van der Waals surface area contributed by atoms with Crippen molar-refractivity contribution in [3.8, 4) is 0 Å². The molecule has 1 heterocycles. The first kappa shape index (κ1) is 11.8. The Hall–Kier alpha value is -1.71. The van der Waals surface area contributed by atoms with Crippen LogP contribution >= 0.6 is 0 Å². The Labute approximate surface area is 99.2 Å². The summed E-state index contributed by atoms with van der Waals surface area (Å²) >= 11 is 0. The zero-order valence-electron chi connectivity index (χ0n) is 9.87. The number of amides is 1. The lowest BCUT2D eigenvalue weighted by atomic mass is 10.0. The molecular weight excluding hydrogens is 221 g/mol. The number of hydrogen-bond donors (Lipinski definition) is 0. The predicted octanol–water partition coefficient (Wildman–Crippen LogP) is 2.02. The summed E-state index contributed by atoms with van der Waals surface area (Å²) in [6.07, 6.45) is 0.355. The molecule has 0 bridgehead atoms. The normalized spacial score (nSPS) is 18.5. The van der Waals surface area contributed by atoms with E-state index in [1.165, 1.54) is 23.1 Å². The standard InChI is InChI=1S/C13H14FNO2/c1-13(2)7-11(16)8-15(13)12(17)9-4-3-5-10(14)6-9/h3-6H,7-8H2,1-2H3. The van der Waals surface area contributed by atoms with Gasteiger partial charge in [0, 0.05) is 17.5 Å². The van der Waals surface area contributed by atoms with Crippen molar-refractivity contribution in [1.82, 2.24) is 4.90 Å². The molecule has 0 atom stereocenters. The van der Waals surface area contributed by atoms with E-state index >= 15 is 0 Å². The fraction of sp³-hybridized carbons (Fsp3) is 0.385. The first-order valence-corrected chi connectivity index (χ1v) is 5.49. The Kier molecular flexibility index (Phi) is 2.73. The van der Waals surface area contributed by atoms with Crippen LogP contribution in [-0.2, 0) is 4.79 Å². The van der Waals surface area contributed by atoms with Crippen LogP contribution in [0.2, 0.25) is 0 Å². The third-order valence-electron chi connectivity index (χ3n) is 3.01. The second kappa shape index (κ2) is 3.95. The SMILES string of the molecule is CC1(C)CC(=O)CN1C(=O)c1cccc(F)c1. The molecule has 0 N–H and O–H groups in total. The molecule has 0 spiro atoms. The summed E-state index contributed by atoms with van der Waals surface area (Å²) < 4.78 is 13.0. The minimum Gasteiger partial charge on any atom is -0.326 e. The van der Waals surface area contributed by atoms with E-state index in [2.05, 4.69) is 0 Å². The summed E-state index contributed by atoms with van der Waals surface area (Å²) in [5.74, 6) is -0.695. The monoisotopic (exact) mass is 235 g/mol. The molecule has 0 radical (unpaired) electrons. The molecule has 1 aliphatic rings. The summed E-state index contributed by atoms with van der Waals surface area (Å²) in [4.78, 5) is 25.1. The van der Waals surface area contributed by atoms with E-state index < -0.39 is 11.4 Å². The number of rotatable bonds is 1. The van der Waals surface area contributed by atoms with Gasteiger partial charge in [-0.05, 0) is 32.0 Å². The average molecular weight is 235 g/mol. The summed E-state index contributed by atoms with van der Waals surface area (Å²) in [7, 11) is 0. The van der Waals surface area contributed by atoms with Crippen LogP contribution < -0.4 is 0 Å². The molecule has 1 fully saturated rings. The molecule has 90 valence electrons. The van der Waals surface area contributed by atoms with Crippen molar-refractivity contribution in [3.63, 3.8) is 0 Å². The highest BCUT2D eigenvalue weighted by atomic mass is 19.1. The molecule has 1 aromatic rings. The summed E-state index contributed by atoms with van der Waals surface area (Å²) in [6.45, 7) is 3.80. The molecule has 4 heteroatoms. The van der Waals surface area contributed by atoms with Gasteiger partial charge in [0.25, 0.3) is 5.91 Å². The minimum absolute atomic E-state index is 0.0414. The predicted molar refractivity (Wildman–Crippen MR) is 61.1 cm³/mol. The summed E-state index contributed by atoms with van der Waals surface area (Å²) in [5.41, 5.74) is -0.201. The molecule has 3 nitrogen and oxygen atoms in total. The van der Waals surface area contributed by atoms with E-state index in [0.29, 0.717) is 6.42 Å². The van der Waals surface area contributed by atoms with Gasteiger partial charge in [-0.15, -0.1) is 0 Å². The van der Waals surface area contributed by atoms with Gasteiger partial charge in [0.15, 0.2) is 5.78 Å². The Morgan fingerprint density at radius 1 is 1.41 bits per heavy atom. The second-order valence-corrected chi connectivity index (χ2v) is 4.93. The highest BCUT2D eigenvalue weighted by Crippen LogP contribution is 2.27. The number of Topliss-reactive ketones (excluding diaryl/α,β-unsaturated/α-hetero) is 1. The smallest absolute Gasteiger partial charge is 0.254 e. The van der Waals surface area contributed by atoms with Crippen LogP contribution in [-0.4, -0.2) is 28.7 Å². The average Bonchev–Trinajstić information content (AvgIpc) is 2.51. The van der Waals surface area contributed by atoms with E-state index in [4.69, 9.17) is 0 Å². The highest BCUT2D eigenvalue weighted by molar-refractivity contribution is 5.99. The highest BCUT2D eigenvalue weighted by Gasteiger charge is 2.40. The maximum Gasteiger partial charge on any atom is 0.254 e. The number of halogens is 1. The van der Waals surface area contributed by atoms with E-state index in [1.54, 1.807) is 6.07 Å². The molecule has 1 amide bonds. The molecule has 1 aliphatic heterocycles. The van der Waals surface area contributed by atoms with Gasteiger partial charge in [-0.2, -0.15) is 0 Å². The number of hydrogen-bond acceptors (Lipinski definition) is 2. The van der Waals surface area contributed by atoms with Crippen molar-refractivity contribution < 1.29 is 14.0 Å². The van der Waals surface area contributed by atoms with Crippen molar-refractivity contribution in [2.24, 2.45) is 0 Å². The van der Waals surface area contributed by atoms with Gasteiger partial charge in [0.05, 0.1) is 6.54 Å². The third-order valence-corrected chi connectivity index (χ3v) is 3.01. The maximum atomic E-state index is 13.0. The van der Waals surface area contributed by atoms with Crippen molar-refractivity contribution in [1.29, 1.82) is 0 Å². The number of carbonyl (C=O) groups excluding carboxylic acids is 2. The Morgan fingerprint density at radius 3 is 2.65 bits per heavy atom. The molecule has 0 saturated carbocycles. The second-order valence-electron chi connectivity index (χ2n) is 4.93. The number of nitrogens with zero attached hydrogens (tertiary/aromatic N) is 1. The fourth-order valence-electron chi connectivity index (χ4n) is 2.15. The van der Waals surface area contributed by atoms with Crippen LogP contribution in [0, 0.1) is 5.82 Å². The molecular formula is C13H14FNO2. The van der Waals surface area contributed by atoms with Gasteiger partial charge in [-0.3, -0.25) is 9.59 Å². The van der Waals surface area contributed by atoms with Gasteiger partial charge < -0.3 is 4.90 Å². The zero-order valence-corrected chi connectivity index (χ0v) is 9.87. The van der Waals surface area contributed by atoms with Gasteiger partial charge in [0.1, 0.15) is 5.82 Å². The summed E-state index contributed by atoms with van der Waals surface area (Å²) in [5, 5.41) is 0. The van der Waals surface area contributed by atoms with Crippen molar-refractivity contribution in [3.05, 3.63) is 35.6 Å². The van der Waals surface area contributed by atoms with Crippen molar-refractivity contribution in [2.75, 3.05) is 6.54 Å². The fourth-order valence-corrected chi connectivity index (χ4v) is 2.15. The Balaban J connectivity index is 2.29. The van der Waals surface area contributed by atoms with E-state index in [-0.39, 0.29) is 23.8 Å². The lowest BCUT2D eigenvalue weighted by Gasteiger charge is -2.30. The first-order valence-electron chi connectivity index (χ1n) is 5.49. The first-order chi connectivity index (χ1) is 7.90. The molecule has 0 aliphatic carbocycles. The number of likely N-dealkylation sites (tertiary alicyclic amines) is 1. The number of carbonyl (C=O) groups is 2. The van der Waals surface area contributed by atoms with Crippen LogP contribution in [0.1, 0.15) is 30.6 Å². The van der Waals surface area contributed by atoms with Crippen LogP contribution in [0.25, 0.3) is 0 Å². The maximum absolute atomic E-state index is 13.0. The number of benzene rings is 1. The van der Waals surface area contributed by atoms with Gasteiger partial charge in [-0.25, -0.2) is 4.39 Å². The lowest BCUT2D eigenvalue weighted by Crippen LogP contribution is -2.42. The van der Waals surface area contributed by atoms with E-state index in [9.17, 15) is 14.0 Å². The molecule has 2 rings (SSSR count). The third kappa shape index (κ3) is 2.20.